The van der Waals surface area contributed by atoms with Crippen LogP contribution in [-0.2, 0) is 21.4 Å². The zero-order chi connectivity index (χ0) is 23.3. The molecule has 3 aromatic carbocycles. The second-order valence-electron chi connectivity index (χ2n) is 7.43. The Balaban J connectivity index is 1.92. The number of ether oxygens (including phenoxy) is 1. The van der Waals surface area contributed by atoms with Crippen LogP contribution >= 0.6 is 11.6 Å². The first-order valence-corrected chi connectivity index (χ1v) is 11.8. The molecule has 0 atom stereocenters. The van der Waals surface area contributed by atoms with Crippen molar-refractivity contribution in [3.05, 3.63) is 88.4 Å². The van der Waals surface area contributed by atoms with E-state index >= 15 is 0 Å². The van der Waals surface area contributed by atoms with Crippen molar-refractivity contribution in [1.29, 1.82) is 0 Å². The topological polar surface area (TPSA) is 75.7 Å². The van der Waals surface area contributed by atoms with E-state index in [1.807, 2.05) is 19.9 Å². The van der Waals surface area contributed by atoms with Crippen molar-refractivity contribution >= 4 is 33.2 Å². The third-order valence-corrected chi connectivity index (χ3v) is 7.09. The zero-order valence-corrected chi connectivity index (χ0v) is 19.7. The summed E-state index contributed by atoms with van der Waals surface area (Å²) in [5.74, 6) is -0.000337. The van der Waals surface area contributed by atoms with Gasteiger partial charge in [-0.15, -0.1) is 0 Å². The van der Waals surface area contributed by atoms with Gasteiger partial charge in [-0.05, 0) is 55.3 Å². The Kier molecular flexibility index (Phi) is 7.56. The molecule has 0 bridgehead atoms. The van der Waals surface area contributed by atoms with E-state index in [4.69, 9.17) is 16.3 Å². The first-order valence-electron chi connectivity index (χ1n) is 9.95. The molecule has 0 fully saturated rings. The number of benzene rings is 3. The molecule has 32 heavy (non-hydrogen) atoms. The number of hydrogen-bond acceptors (Lipinski definition) is 4. The van der Waals surface area contributed by atoms with Crippen LogP contribution in [0.1, 0.15) is 16.7 Å². The molecule has 6 nitrogen and oxygen atoms in total. The van der Waals surface area contributed by atoms with Crippen LogP contribution in [0.25, 0.3) is 0 Å². The summed E-state index contributed by atoms with van der Waals surface area (Å²) in [5.41, 5.74) is 2.95. The summed E-state index contributed by atoms with van der Waals surface area (Å²) in [6, 6.07) is 18.8. The van der Waals surface area contributed by atoms with E-state index in [0.717, 1.165) is 15.4 Å². The van der Waals surface area contributed by atoms with E-state index in [-0.39, 0.29) is 11.4 Å². The number of methoxy groups -OCH3 is 1. The summed E-state index contributed by atoms with van der Waals surface area (Å²) in [6.45, 7) is 3.33. The van der Waals surface area contributed by atoms with E-state index < -0.39 is 22.5 Å². The number of amides is 1. The Morgan fingerprint density at radius 2 is 1.66 bits per heavy atom. The van der Waals surface area contributed by atoms with Gasteiger partial charge in [0.25, 0.3) is 0 Å². The molecule has 8 heteroatoms. The van der Waals surface area contributed by atoms with E-state index in [0.29, 0.717) is 22.0 Å². The molecule has 0 aliphatic heterocycles. The Hall–Kier alpha value is -2.87. The maximum absolute atomic E-state index is 13.4. The van der Waals surface area contributed by atoms with Gasteiger partial charge in [0, 0.05) is 11.6 Å². The number of aryl methyl sites for hydroxylation is 2. The van der Waals surface area contributed by atoms with Crippen LogP contribution < -0.4 is 10.1 Å². The molecule has 0 spiro atoms. The predicted molar refractivity (Wildman–Crippen MR) is 127 cm³/mol. The quantitative estimate of drug-likeness (QED) is 0.511. The number of carbonyl (C=O) groups excluding carboxylic acids is 1. The highest BCUT2D eigenvalue weighted by molar-refractivity contribution is 7.89. The van der Waals surface area contributed by atoms with Gasteiger partial charge < -0.3 is 10.1 Å². The minimum atomic E-state index is -3.96. The molecular weight excluding hydrogens is 448 g/mol. The average molecular weight is 473 g/mol. The lowest BCUT2D eigenvalue weighted by Gasteiger charge is -2.23. The molecule has 0 saturated heterocycles. The number of nitrogens with one attached hydrogen (secondary N) is 1. The van der Waals surface area contributed by atoms with Crippen LogP contribution in [0.2, 0.25) is 5.02 Å². The van der Waals surface area contributed by atoms with Gasteiger partial charge in [0.05, 0.1) is 24.2 Å². The fourth-order valence-electron chi connectivity index (χ4n) is 3.17. The smallest absolute Gasteiger partial charge is 0.243 e. The largest absolute Gasteiger partial charge is 0.495 e. The second-order valence-corrected chi connectivity index (χ2v) is 9.77. The van der Waals surface area contributed by atoms with Crippen molar-refractivity contribution in [2.45, 2.75) is 25.3 Å². The third-order valence-electron chi connectivity index (χ3n) is 4.91. The summed E-state index contributed by atoms with van der Waals surface area (Å²) in [4.78, 5) is 13.0. The first-order chi connectivity index (χ1) is 15.2. The molecule has 0 heterocycles. The van der Waals surface area contributed by atoms with E-state index in [9.17, 15) is 13.2 Å². The maximum Gasteiger partial charge on any atom is 0.243 e. The fourth-order valence-corrected chi connectivity index (χ4v) is 4.74. The molecule has 3 aromatic rings. The summed E-state index contributed by atoms with van der Waals surface area (Å²) in [5, 5.41) is 3.19. The van der Waals surface area contributed by atoms with Gasteiger partial charge in [0.1, 0.15) is 5.75 Å². The van der Waals surface area contributed by atoms with E-state index in [1.165, 1.54) is 19.2 Å². The van der Waals surface area contributed by atoms with E-state index in [1.54, 1.807) is 48.5 Å². The van der Waals surface area contributed by atoms with Gasteiger partial charge in [-0.2, -0.15) is 4.31 Å². The Labute approximate surface area is 193 Å². The normalized spacial score (nSPS) is 11.4. The monoisotopic (exact) mass is 472 g/mol. The highest BCUT2D eigenvalue weighted by atomic mass is 35.5. The number of halogens is 1. The molecule has 3 rings (SSSR count). The maximum atomic E-state index is 13.4. The molecular formula is C24H25ClN2O4S. The van der Waals surface area contributed by atoms with Gasteiger partial charge in [0.2, 0.25) is 15.9 Å². The second kappa shape index (κ2) is 10.2. The number of nitrogens with zero attached hydrogens (tertiary/aromatic N) is 1. The van der Waals surface area contributed by atoms with Gasteiger partial charge in [-0.25, -0.2) is 8.42 Å². The number of rotatable bonds is 8. The van der Waals surface area contributed by atoms with Crippen LogP contribution in [0.3, 0.4) is 0 Å². The molecule has 0 saturated carbocycles. The van der Waals surface area contributed by atoms with Crippen LogP contribution in [0, 0.1) is 13.8 Å². The minimum Gasteiger partial charge on any atom is -0.495 e. The highest BCUT2D eigenvalue weighted by Crippen LogP contribution is 2.26. The number of hydrogen-bond donors (Lipinski definition) is 1. The number of anilines is 1. The van der Waals surface area contributed by atoms with Crippen LogP contribution in [0.5, 0.6) is 5.75 Å². The highest BCUT2D eigenvalue weighted by Gasteiger charge is 2.28. The molecule has 1 N–H and O–H groups in total. The van der Waals surface area contributed by atoms with Crippen molar-refractivity contribution in [1.82, 2.24) is 4.31 Å². The van der Waals surface area contributed by atoms with Crippen LogP contribution in [-0.4, -0.2) is 32.3 Å². The molecule has 0 unspecified atom stereocenters. The molecule has 0 radical (unpaired) electrons. The molecule has 1 amide bonds. The first kappa shape index (κ1) is 23.8. The van der Waals surface area contributed by atoms with Gasteiger partial charge in [-0.1, -0.05) is 53.6 Å². The molecule has 0 aliphatic rings. The van der Waals surface area contributed by atoms with Crippen LogP contribution in [0.4, 0.5) is 5.69 Å². The fraction of sp³-hybridized carbons (Fsp3) is 0.208. The SMILES string of the molecule is COc1ccc(C)cc1NC(=O)CN(Cc1ccccc1Cl)S(=O)(=O)c1ccc(C)cc1. The van der Waals surface area contributed by atoms with E-state index in [2.05, 4.69) is 5.32 Å². The minimum absolute atomic E-state index is 0.0474. The lowest BCUT2D eigenvalue weighted by molar-refractivity contribution is -0.116. The van der Waals surface area contributed by atoms with Crippen molar-refractivity contribution in [2.75, 3.05) is 19.0 Å². The molecule has 0 aliphatic carbocycles. The lowest BCUT2D eigenvalue weighted by Crippen LogP contribution is -2.37. The Morgan fingerprint density at radius 3 is 2.31 bits per heavy atom. The summed E-state index contributed by atoms with van der Waals surface area (Å²) < 4.78 is 33.2. The third kappa shape index (κ3) is 5.68. The van der Waals surface area contributed by atoms with Crippen LogP contribution in [0.15, 0.2) is 71.6 Å². The van der Waals surface area contributed by atoms with Crippen molar-refractivity contribution in [3.8, 4) is 5.75 Å². The summed E-state index contributed by atoms with van der Waals surface area (Å²) >= 11 is 6.27. The van der Waals surface area contributed by atoms with Crippen molar-refractivity contribution < 1.29 is 17.9 Å². The zero-order valence-electron chi connectivity index (χ0n) is 18.1. The standard InChI is InChI=1S/C24H25ClN2O4S/c1-17-8-11-20(12-9-17)32(29,30)27(15-19-6-4-5-7-21(19)25)16-24(28)26-22-14-18(2)10-13-23(22)31-3/h4-14H,15-16H2,1-3H3,(H,26,28). The summed E-state index contributed by atoms with van der Waals surface area (Å²) in [6.07, 6.45) is 0. The van der Waals surface area contributed by atoms with Crippen molar-refractivity contribution in [2.24, 2.45) is 0 Å². The van der Waals surface area contributed by atoms with Gasteiger partial charge in [-0.3, -0.25) is 4.79 Å². The summed E-state index contributed by atoms with van der Waals surface area (Å²) in [7, 11) is -2.46. The lowest BCUT2D eigenvalue weighted by atomic mass is 10.2. The Morgan fingerprint density at radius 1 is 1.00 bits per heavy atom. The van der Waals surface area contributed by atoms with Crippen molar-refractivity contribution in [3.63, 3.8) is 0 Å². The predicted octanol–water partition coefficient (Wildman–Crippen LogP) is 4.80. The molecule has 168 valence electrons. The van der Waals surface area contributed by atoms with Gasteiger partial charge in [0.15, 0.2) is 0 Å². The van der Waals surface area contributed by atoms with Gasteiger partial charge >= 0.3 is 0 Å². The number of carbonyl (C=O) groups is 1. The average Bonchev–Trinajstić information content (AvgIpc) is 2.75. The Bertz CT molecular complexity index is 1210. The number of sulfonamides is 1. The molecule has 0 aromatic heterocycles.